The topological polar surface area (TPSA) is 47.4 Å². The average molecular weight is 313 g/mol. The first kappa shape index (κ1) is 15.7. The van der Waals surface area contributed by atoms with Gasteiger partial charge in [-0.15, -0.1) is 0 Å². The highest BCUT2D eigenvalue weighted by Gasteiger charge is 2.23. The molecule has 1 aliphatic rings. The highest BCUT2D eigenvalue weighted by atomic mass is 16.5. The van der Waals surface area contributed by atoms with Gasteiger partial charge in [0.25, 0.3) is 0 Å². The molecule has 1 aromatic carbocycles. The molecule has 1 aliphatic heterocycles. The van der Waals surface area contributed by atoms with E-state index in [4.69, 9.17) is 4.74 Å². The summed E-state index contributed by atoms with van der Waals surface area (Å²) in [5.74, 6) is 0.152. The smallest absolute Gasteiger partial charge is 0.227 e. The van der Waals surface area contributed by atoms with E-state index in [-0.39, 0.29) is 12.0 Å². The molecule has 1 unspecified atom stereocenters. The normalized spacial score (nSPS) is 18.2. The number of para-hydroxylation sites is 1. The maximum absolute atomic E-state index is 12.6. The third kappa shape index (κ3) is 3.29. The van der Waals surface area contributed by atoms with Crippen LogP contribution in [0.4, 0.5) is 0 Å². The summed E-state index contributed by atoms with van der Waals surface area (Å²) in [7, 11) is 0. The van der Waals surface area contributed by atoms with Crippen LogP contribution in [0.1, 0.15) is 23.9 Å². The van der Waals surface area contributed by atoms with Gasteiger partial charge in [-0.1, -0.05) is 18.2 Å². The van der Waals surface area contributed by atoms with E-state index >= 15 is 0 Å². The molecule has 1 aromatic heterocycles. The SMILES string of the molecule is Cc1nn(-c2ccccc2)c(C)c1CC(=O)N1CCOC(C)C1. The first-order valence-corrected chi connectivity index (χ1v) is 8.06. The monoisotopic (exact) mass is 313 g/mol. The van der Waals surface area contributed by atoms with Crippen LogP contribution < -0.4 is 0 Å². The molecule has 0 aliphatic carbocycles. The Morgan fingerprint density at radius 2 is 2.04 bits per heavy atom. The van der Waals surface area contributed by atoms with Crippen LogP contribution in [0.5, 0.6) is 0 Å². The Kier molecular flexibility index (Phi) is 4.48. The predicted molar refractivity (Wildman–Crippen MR) is 88.7 cm³/mol. The van der Waals surface area contributed by atoms with Crippen molar-refractivity contribution < 1.29 is 9.53 Å². The number of nitrogens with zero attached hydrogens (tertiary/aromatic N) is 3. The van der Waals surface area contributed by atoms with Crippen LogP contribution in [0.2, 0.25) is 0 Å². The number of morpholine rings is 1. The minimum absolute atomic E-state index is 0.113. The van der Waals surface area contributed by atoms with Gasteiger partial charge in [-0.25, -0.2) is 4.68 Å². The van der Waals surface area contributed by atoms with E-state index in [1.54, 1.807) is 0 Å². The number of aromatic nitrogens is 2. The van der Waals surface area contributed by atoms with Gasteiger partial charge in [0.15, 0.2) is 0 Å². The Labute approximate surface area is 136 Å². The van der Waals surface area contributed by atoms with Crippen molar-refractivity contribution in [1.29, 1.82) is 0 Å². The van der Waals surface area contributed by atoms with E-state index in [1.165, 1.54) is 0 Å². The molecule has 2 heterocycles. The minimum Gasteiger partial charge on any atom is -0.375 e. The van der Waals surface area contributed by atoms with Crippen LogP contribution in [-0.2, 0) is 16.0 Å². The predicted octanol–water partition coefficient (Wildman–Crippen LogP) is 2.28. The average Bonchev–Trinajstić information content (AvgIpc) is 2.84. The lowest BCUT2D eigenvalue weighted by atomic mass is 10.1. The molecule has 0 saturated carbocycles. The van der Waals surface area contributed by atoms with Crippen LogP contribution in [-0.4, -0.2) is 46.4 Å². The first-order chi connectivity index (χ1) is 11.1. The van der Waals surface area contributed by atoms with Gasteiger partial charge in [-0.2, -0.15) is 5.10 Å². The number of benzene rings is 1. The number of ether oxygens (including phenoxy) is 1. The lowest BCUT2D eigenvalue weighted by Gasteiger charge is -2.31. The summed E-state index contributed by atoms with van der Waals surface area (Å²) in [6.45, 7) is 7.96. The number of hydrogen-bond donors (Lipinski definition) is 0. The fourth-order valence-electron chi connectivity index (χ4n) is 3.06. The van der Waals surface area contributed by atoms with Gasteiger partial charge in [-0.3, -0.25) is 4.79 Å². The third-order valence-corrected chi connectivity index (χ3v) is 4.36. The standard InChI is InChI=1S/C18H23N3O2/c1-13-12-20(9-10-23-13)18(22)11-17-14(2)19-21(15(17)3)16-7-5-4-6-8-16/h4-8,13H,9-12H2,1-3H3. The Morgan fingerprint density at radius 3 is 2.74 bits per heavy atom. The van der Waals surface area contributed by atoms with E-state index in [0.29, 0.717) is 26.1 Å². The molecule has 1 fully saturated rings. The van der Waals surface area contributed by atoms with Gasteiger partial charge >= 0.3 is 0 Å². The second-order valence-corrected chi connectivity index (χ2v) is 6.09. The maximum Gasteiger partial charge on any atom is 0.227 e. The van der Waals surface area contributed by atoms with Crippen molar-refractivity contribution in [2.45, 2.75) is 33.3 Å². The molecule has 1 amide bonds. The number of aryl methyl sites for hydroxylation is 1. The Morgan fingerprint density at radius 1 is 1.30 bits per heavy atom. The molecule has 0 N–H and O–H groups in total. The number of rotatable bonds is 3. The molecule has 0 spiro atoms. The van der Waals surface area contributed by atoms with Crippen molar-refractivity contribution in [3.8, 4) is 5.69 Å². The van der Waals surface area contributed by atoms with Crippen molar-refractivity contribution in [3.05, 3.63) is 47.3 Å². The summed E-state index contributed by atoms with van der Waals surface area (Å²) < 4.78 is 7.42. The summed E-state index contributed by atoms with van der Waals surface area (Å²) in [6.07, 6.45) is 0.513. The van der Waals surface area contributed by atoms with Crippen LogP contribution in [0.3, 0.4) is 0 Å². The number of carbonyl (C=O) groups excluding carboxylic acids is 1. The summed E-state index contributed by atoms with van der Waals surface area (Å²) in [5.41, 5.74) is 3.99. The fourth-order valence-corrected chi connectivity index (χ4v) is 3.06. The fraction of sp³-hybridized carbons (Fsp3) is 0.444. The molecule has 1 atom stereocenters. The lowest BCUT2D eigenvalue weighted by molar-refractivity contribution is -0.137. The number of amides is 1. The Hall–Kier alpha value is -2.14. The molecule has 122 valence electrons. The molecule has 0 bridgehead atoms. The van der Waals surface area contributed by atoms with Gasteiger partial charge in [0.05, 0.1) is 30.5 Å². The zero-order valence-electron chi connectivity index (χ0n) is 14.0. The van der Waals surface area contributed by atoms with E-state index in [2.05, 4.69) is 5.10 Å². The summed E-state index contributed by atoms with van der Waals surface area (Å²) in [6, 6.07) is 10.0. The number of carbonyl (C=O) groups is 1. The van der Waals surface area contributed by atoms with Gasteiger partial charge in [-0.05, 0) is 32.9 Å². The Balaban J connectivity index is 1.81. The summed E-state index contributed by atoms with van der Waals surface area (Å²) in [4.78, 5) is 14.5. The van der Waals surface area contributed by atoms with Crippen molar-refractivity contribution >= 4 is 5.91 Å². The first-order valence-electron chi connectivity index (χ1n) is 8.06. The number of hydrogen-bond acceptors (Lipinski definition) is 3. The zero-order chi connectivity index (χ0) is 16.4. The molecule has 0 radical (unpaired) electrons. The molecule has 5 nitrogen and oxygen atoms in total. The van der Waals surface area contributed by atoms with Crippen LogP contribution in [0.15, 0.2) is 30.3 Å². The minimum atomic E-state index is 0.113. The van der Waals surface area contributed by atoms with Crippen LogP contribution in [0, 0.1) is 13.8 Å². The van der Waals surface area contributed by atoms with Gasteiger partial charge in [0.2, 0.25) is 5.91 Å². The van der Waals surface area contributed by atoms with E-state index < -0.39 is 0 Å². The summed E-state index contributed by atoms with van der Waals surface area (Å²) >= 11 is 0. The van der Waals surface area contributed by atoms with E-state index in [1.807, 2.05) is 60.7 Å². The molecule has 1 saturated heterocycles. The highest BCUT2D eigenvalue weighted by Crippen LogP contribution is 2.19. The van der Waals surface area contributed by atoms with Gasteiger partial charge in [0, 0.05) is 24.3 Å². The van der Waals surface area contributed by atoms with E-state index in [0.717, 1.165) is 22.6 Å². The lowest BCUT2D eigenvalue weighted by Crippen LogP contribution is -2.45. The van der Waals surface area contributed by atoms with Gasteiger partial charge < -0.3 is 9.64 Å². The van der Waals surface area contributed by atoms with Gasteiger partial charge in [0.1, 0.15) is 0 Å². The third-order valence-electron chi connectivity index (χ3n) is 4.36. The second-order valence-electron chi connectivity index (χ2n) is 6.09. The van der Waals surface area contributed by atoms with Crippen molar-refractivity contribution in [3.63, 3.8) is 0 Å². The van der Waals surface area contributed by atoms with Crippen LogP contribution >= 0.6 is 0 Å². The second kappa shape index (κ2) is 6.54. The zero-order valence-corrected chi connectivity index (χ0v) is 14.0. The van der Waals surface area contributed by atoms with Crippen molar-refractivity contribution in [2.75, 3.05) is 19.7 Å². The van der Waals surface area contributed by atoms with Crippen molar-refractivity contribution in [1.82, 2.24) is 14.7 Å². The summed E-state index contributed by atoms with van der Waals surface area (Å²) in [5, 5.41) is 4.61. The van der Waals surface area contributed by atoms with E-state index in [9.17, 15) is 4.79 Å². The van der Waals surface area contributed by atoms with Crippen molar-refractivity contribution in [2.24, 2.45) is 0 Å². The molecule has 3 rings (SSSR count). The quantitative estimate of drug-likeness (QED) is 0.873. The van der Waals surface area contributed by atoms with Crippen LogP contribution in [0.25, 0.3) is 5.69 Å². The molecule has 23 heavy (non-hydrogen) atoms. The molecular formula is C18H23N3O2. The largest absolute Gasteiger partial charge is 0.375 e. The Bertz CT molecular complexity index is 694. The highest BCUT2D eigenvalue weighted by molar-refractivity contribution is 5.79. The molecule has 5 heteroatoms. The maximum atomic E-state index is 12.6. The molecule has 2 aromatic rings. The molecular weight excluding hydrogens is 290 g/mol.